The average molecular weight is 325 g/mol. The first kappa shape index (κ1) is 15.5. The van der Waals surface area contributed by atoms with E-state index in [1.807, 2.05) is 0 Å². The summed E-state index contributed by atoms with van der Waals surface area (Å²) in [4.78, 5) is 12.1. The van der Waals surface area contributed by atoms with Crippen molar-refractivity contribution < 1.29 is 13.9 Å². The first-order valence-corrected chi connectivity index (χ1v) is 6.79. The van der Waals surface area contributed by atoms with Crippen LogP contribution in [0.25, 0.3) is 6.08 Å². The monoisotopic (exact) mass is 324 g/mol. The molecule has 2 aromatic rings. The van der Waals surface area contributed by atoms with Crippen LogP contribution in [0.5, 0.6) is 5.75 Å². The van der Waals surface area contributed by atoms with Crippen LogP contribution in [-0.2, 0) is 0 Å². The van der Waals surface area contributed by atoms with Crippen LogP contribution in [0.4, 0.5) is 4.39 Å². The Labute approximate surface area is 131 Å². The van der Waals surface area contributed by atoms with Gasteiger partial charge in [0.2, 0.25) is 0 Å². The van der Waals surface area contributed by atoms with E-state index in [0.29, 0.717) is 11.3 Å². The molecule has 21 heavy (non-hydrogen) atoms. The molecule has 0 bridgehead atoms. The summed E-state index contributed by atoms with van der Waals surface area (Å²) in [5.41, 5.74) is 0.552. The zero-order valence-electron chi connectivity index (χ0n) is 11.1. The van der Waals surface area contributed by atoms with Crippen LogP contribution in [0.15, 0.2) is 42.5 Å². The summed E-state index contributed by atoms with van der Waals surface area (Å²) in [5, 5.41) is 0.281. The molecule has 0 spiro atoms. The molecule has 0 aromatic heterocycles. The van der Waals surface area contributed by atoms with Gasteiger partial charge >= 0.3 is 0 Å². The third-order valence-corrected chi connectivity index (χ3v) is 3.72. The Hall–Kier alpha value is -1.84. The summed E-state index contributed by atoms with van der Waals surface area (Å²) in [6.07, 6.45) is 2.65. The molecule has 0 saturated carbocycles. The molecule has 0 amide bonds. The predicted octanol–water partition coefficient (Wildman–Crippen LogP) is 5.04. The van der Waals surface area contributed by atoms with Crippen molar-refractivity contribution in [3.63, 3.8) is 0 Å². The highest BCUT2D eigenvalue weighted by Crippen LogP contribution is 2.34. The quantitative estimate of drug-likeness (QED) is 0.582. The van der Waals surface area contributed by atoms with Crippen LogP contribution in [-0.4, -0.2) is 12.9 Å². The van der Waals surface area contributed by atoms with Crippen molar-refractivity contribution in [3.05, 3.63) is 69.5 Å². The fraction of sp³-hybridized carbons (Fsp3) is 0.0625. The lowest BCUT2D eigenvalue weighted by Crippen LogP contribution is -1.97. The van der Waals surface area contributed by atoms with Crippen molar-refractivity contribution >= 4 is 35.1 Å². The standard InChI is InChI=1S/C16H11Cl2FO2/c1-21-14-9-7-11(15(17)16(14)18)13(20)8-6-10-4-2-3-5-12(10)19/h2-9H,1H3/b8-6+. The lowest BCUT2D eigenvalue weighted by Gasteiger charge is -2.07. The number of benzene rings is 2. The van der Waals surface area contributed by atoms with Crippen molar-refractivity contribution in [2.75, 3.05) is 7.11 Å². The molecule has 0 aliphatic heterocycles. The predicted molar refractivity (Wildman–Crippen MR) is 82.8 cm³/mol. The molecular weight excluding hydrogens is 314 g/mol. The maximum atomic E-state index is 13.5. The molecule has 0 atom stereocenters. The Balaban J connectivity index is 2.29. The van der Waals surface area contributed by atoms with Crippen LogP contribution in [0.2, 0.25) is 10.0 Å². The van der Waals surface area contributed by atoms with Gasteiger partial charge in [-0.15, -0.1) is 0 Å². The molecule has 0 heterocycles. The maximum Gasteiger partial charge on any atom is 0.187 e. The van der Waals surface area contributed by atoms with Gasteiger partial charge in [0.25, 0.3) is 0 Å². The Morgan fingerprint density at radius 1 is 1.14 bits per heavy atom. The summed E-state index contributed by atoms with van der Waals surface area (Å²) in [5.74, 6) is -0.385. The van der Waals surface area contributed by atoms with Crippen molar-refractivity contribution in [1.29, 1.82) is 0 Å². The normalized spacial score (nSPS) is 10.9. The Morgan fingerprint density at radius 3 is 2.52 bits per heavy atom. The van der Waals surface area contributed by atoms with E-state index in [4.69, 9.17) is 27.9 Å². The third-order valence-electron chi connectivity index (χ3n) is 2.85. The number of carbonyl (C=O) groups excluding carboxylic acids is 1. The summed E-state index contributed by atoms with van der Waals surface area (Å²) in [6, 6.07) is 9.22. The molecule has 0 fully saturated rings. The van der Waals surface area contributed by atoms with Crippen molar-refractivity contribution in [2.45, 2.75) is 0 Å². The first-order valence-electron chi connectivity index (χ1n) is 6.03. The molecule has 0 radical (unpaired) electrons. The average Bonchev–Trinajstić information content (AvgIpc) is 2.49. The lowest BCUT2D eigenvalue weighted by molar-refractivity contribution is 0.104. The number of hydrogen-bond donors (Lipinski definition) is 0. The largest absolute Gasteiger partial charge is 0.495 e. The highest BCUT2D eigenvalue weighted by Gasteiger charge is 2.14. The molecule has 2 nitrogen and oxygen atoms in total. The van der Waals surface area contributed by atoms with Crippen molar-refractivity contribution in [2.24, 2.45) is 0 Å². The fourth-order valence-electron chi connectivity index (χ4n) is 1.75. The van der Waals surface area contributed by atoms with Gasteiger partial charge < -0.3 is 4.74 Å². The molecule has 0 N–H and O–H groups in total. The summed E-state index contributed by atoms with van der Waals surface area (Å²) in [7, 11) is 1.46. The van der Waals surface area contributed by atoms with Gasteiger partial charge in [-0.25, -0.2) is 4.39 Å². The number of halogens is 3. The maximum absolute atomic E-state index is 13.5. The minimum absolute atomic E-state index is 0.110. The molecule has 0 aliphatic rings. The number of hydrogen-bond acceptors (Lipinski definition) is 2. The van der Waals surface area contributed by atoms with Crippen LogP contribution < -0.4 is 4.74 Å². The van der Waals surface area contributed by atoms with E-state index >= 15 is 0 Å². The topological polar surface area (TPSA) is 26.3 Å². The number of allylic oxidation sites excluding steroid dienone is 1. The van der Waals surface area contributed by atoms with E-state index < -0.39 is 5.82 Å². The van der Waals surface area contributed by atoms with Gasteiger partial charge in [0, 0.05) is 11.1 Å². The second-order valence-electron chi connectivity index (χ2n) is 4.16. The summed E-state index contributed by atoms with van der Waals surface area (Å²) >= 11 is 12.0. The number of rotatable bonds is 4. The van der Waals surface area contributed by atoms with Gasteiger partial charge in [-0.1, -0.05) is 41.4 Å². The lowest BCUT2D eigenvalue weighted by atomic mass is 10.1. The zero-order valence-corrected chi connectivity index (χ0v) is 12.6. The number of ether oxygens (including phenoxy) is 1. The molecule has 108 valence electrons. The second-order valence-corrected chi connectivity index (χ2v) is 4.92. The van der Waals surface area contributed by atoms with E-state index in [1.54, 1.807) is 24.3 Å². The van der Waals surface area contributed by atoms with Crippen LogP contribution in [0, 0.1) is 5.82 Å². The molecule has 2 rings (SSSR count). The van der Waals surface area contributed by atoms with Gasteiger partial charge in [-0.3, -0.25) is 4.79 Å². The molecule has 0 saturated heterocycles. The van der Waals surface area contributed by atoms with Crippen LogP contribution in [0.1, 0.15) is 15.9 Å². The van der Waals surface area contributed by atoms with Crippen molar-refractivity contribution in [1.82, 2.24) is 0 Å². The van der Waals surface area contributed by atoms with E-state index in [2.05, 4.69) is 0 Å². The van der Waals surface area contributed by atoms with E-state index in [9.17, 15) is 9.18 Å². The summed E-state index contributed by atoms with van der Waals surface area (Å²) in [6.45, 7) is 0. The summed E-state index contributed by atoms with van der Waals surface area (Å²) < 4.78 is 18.5. The SMILES string of the molecule is COc1ccc(C(=O)/C=C/c2ccccc2F)c(Cl)c1Cl. The first-order chi connectivity index (χ1) is 10.0. The molecule has 0 unspecified atom stereocenters. The van der Waals surface area contributed by atoms with E-state index in [0.717, 1.165) is 0 Å². The van der Waals surface area contributed by atoms with Gasteiger partial charge in [-0.05, 0) is 30.4 Å². The minimum Gasteiger partial charge on any atom is -0.495 e. The molecule has 0 aliphatic carbocycles. The Kier molecular flexibility index (Phi) is 4.99. The van der Waals surface area contributed by atoms with Gasteiger partial charge in [-0.2, -0.15) is 0 Å². The van der Waals surface area contributed by atoms with E-state index in [-0.39, 0.29) is 21.4 Å². The molecule has 5 heteroatoms. The van der Waals surface area contributed by atoms with E-state index in [1.165, 1.54) is 31.4 Å². The van der Waals surface area contributed by atoms with Crippen LogP contribution in [0.3, 0.4) is 0 Å². The Bertz CT molecular complexity index is 711. The number of carbonyl (C=O) groups is 1. The number of methoxy groups -OCH3 is 1. The minimum atomic E-state index is -0.402. The second kappa shape index (κ2) is 6.74. The van der Waals surface area contributed by atoms with Gasteiger partial charge in [0.1, 0.15) is 16.6 Å². The molecule has 2 aromatic carbocycles. The smallest absolute Gasteiger partial charge is 0.187 e. The molecular formula is C16H11Cl2FO2. The van der Waals surface area contributed by atoms with Gasteiger partial charge in [0.05, 0.1) is 12.1 Å². The zero-order chi connectivity index (χ0) is 15.4. The van der Waals surface area contributed by atoms with Gasteiger partial charge in [0.15, 0.2) is 5.78 Å². The fourth-order valence-corrected chi connectivity index (χ4v) is 2.24. The van der Waals surface area contributed by atoms with Crippen LogP contribution >= 0.6 is 23.2 Å². The number of ketones is 1. The van der Waals surface area contributed by atoms with Crippen molar-refractivity contribution in [3.8, 4) is 5.75 Å². The highest BCUT2D eigenvalue weighted by atomic mass is 35.5. The highest BCUT2D eigenvalue weighted by molar-refractivity contribution is 6.45. The Morgan fingerprint density at radius 2 is 1.86 bits per heavy atom. The third kappa shape index (κ3) is 3.43.